The summed E-state index contributed by atoms with van der Waals surface area (Å²) in [5.41, 5.74) is 9.49. The van der Waals surface area contributed by atoms with Crippen LogP contribution in [0.3, 0.4) is 0 Å². The van der Waals surface area contributed by atoms with Gasteiger partial charge in [0, 0.05) is 42.7 Å². The molecular formula is C19H28N6. The van der Waals surface area contributed by atoms with Crippen LogP contribution in [-0.4, -0.2) is 46.9 Å². The third-order valence-electron chi connectivity index (χ3n) is 5.53. The second-order valence-corrected chi connectivity index (χ2v) is 7.70. The zero-order valence-corrected chi connectivity index (χ0v) is 15.0. The fourth-order valence-electron chi connectivity index (χ4n) is 3.75. The Kier molecular flexibility index (Phi) is 4.70. The van der Waals surface area contributed by atoms with E-state index in [1.807, 2.05) is 6.21 Å². The zero-order chi connectivity index (χ0) is 17.2. The highest BCUT2D eigenvalue weighted by Crippen LogP contribution is 2.38. The van der Waals surface area contributed by atoms with Crippen LogP contribution in [0.25, 0.3) is 5.57 Å². The van der Waals surface area contributed by atoms with E-state index in [1.54, 1.807) is 6.33 Å². The van der Waals surface area contributed by atoms with E-state index in [2.05, 4.69) is 38.3 Å². The molecule has 3 aliphatic rings. The number of anilines is 1. The summed E-state index contributed by atoms with van der Waals surface area (Å²) < 4.78 is 0. The molecule has 2 saturated carbocycles. The largest absolute Gasteiger partial charge is 0.367 e. The second kappa shape index (κ2) is 7.12. The lowest BCUT2D eigenvalue weighted by molar-refractivity contribution is 0.407. The number of aromatic nitrogens is 2. The van der Waals surface area contributed by atoms with Crippen LogP contribution in [0, 0.1) is 5.92 Å². The fourth-order valence-corrected chi connectivity index (χ4v) is 3.75. The van der Waals surface area contributed by atoms with Crippen molar-refractivity contribution in [3.63, 3.8) is 0 Å². The lowest BCUT2D eigenvalue weighted by Crippen LogP contribution is -2.33. The van der Waals surface area contributed by atoms with Crippen molar-refractivity contribution in [3.8, 4) is 0 Å². The Bertz CT molecular complexity index is 670. The van der Waals surface area contributed by atoms with Gasteiger partial charge in [-0.2, -0.15) is 0 Å². The molecule has 0 bridgehead atoms. The van der Waals surface area contributed by atoms with Crippen LogP contribution in [0.2, 0.25) is 0 Å². The Hall–Kier alpha value is -1.95. The first-order valence-corrected chi connectivity index (χ1v) is 9.47. The van der Waals surface area contributed by atoms with Gasteiger partial charge in [-0.15, -0.1) is 0 Å². The fraction of sp³-hybridized carbons (Fsp3) is 0.632. The topological polar surface area (TPSA) is 79.4 Å². The van der Waals surface area contributed by atoms with Gasteiger partial charge < -0.3 is 16.0 Å². The Balaban J connectivity index is 1.54. The molecule has 0 unspecified atom stereocenters. The molecule has 1 aliphatic heterocycles. The average Bonchev–Trinajstić information content (AvgIpc) is 3.43. The molecule has 2 fully saturated rings. The molecule has 1 aromatic rings. The Morgan fingerprint density at radius 3 is 2.72 bits per heavy atom. The van der Waals surface area contributed by atoms with E-state index in [0.717, 1.165) is 61.8 Å². The average molecular weight is 340 g/mol. The van der Waals surface area contributed by atoms with E-state index in [1.165, 1.54) is 18.5 Å². The number of nitrogens with one attached hydrogen (secondary N) is 1. The number of nitrogens with zero attached hydrogens (tertiary/aromatic N) is 4. The van der Waals surface area contributed by atoms with Crippen molar-refractivity contribution in [2.75, 3.05) is 19.0 Å². The minimum Gasteiger partial charge on any atom is -0.367 e. The van der Waals surface area contributed by atoms with Crippen molar-refractivity contribution < 1.29 is 0 Å². The number of aliphatic imine (C=N–C) groups is 1. The third-order valence-corrected chi connectivity index (χ3v) is 5.53. The van der Waals surface area contributed by atoms with Crippen molar-refractivity contribution in [1.82, 2.24) is 14.9 Å². The number of rotatable bonds is 5. The van der Waals surface area contributed by atoms with Crippen molar-refractivity contribution in [2.45, 2.75) is 57.0 Å². The standard InChI is InChI=1S/C19H28N6/c1-25-12-21-10-16(18(25)8-13-2-3-13)17-9-19(23-11-22-17)24-15-6-4-14(20)5-7-15/h9-11,13-15H,2-8,12,20H2,1H3,(H,22,23,24). The Morgan fingerprint density at radius 1 is 1.16 bits per heavy atom. The smallest absolute Gasteiger partial charge is 0.130 e. The lowest BCUT2D eigenvalue weighted by atomic mass is 9.92. The maximum atomic E-state index is 6.01. The highest BCUT2D eigenvalue weighted by Gasteiger charge is 2.27. The minimum absolute atomic E-state index is 0.364. The summed E-state index contributed by atoms with van der Waals surface area (Å²) in [4.78, 5) is 15.7. The molecule has 0 saturated heterocycles. The maximum absolute atomic E-state index is 6.01. The summed E-state index contributed by atoms with van der Waals surface area (Å²) in [5, 5.41) is 3.57. The van der Waals surface area contributed by atoms with E-state index < -0.39 is 0 Å². The van der Waals surface area contributed by atoms with Gasteiger partial charge in [-0.1, -0.05) is 0 Å². The van der Waals surface area contributed by atoms with E-state index >= 15 is 0 Å². The van der Waals surface area contributed by atoms with Crippen LogP contribution in [-0.2, 0) is 0 Å². The molecule has 3 N–H and O–H groups in total. The maximum Gasteiger partial charge on any atom is 0.130 e. The lowest BCUT2D eigenvalue weighted by Gasteiger charge is -2.28. The molecule has 0 atom stereocenters. The predicted molar refractivity (Wildman–Crippen MR) is 101 cm³/mol. The van der Waals surface area contributed by atoms with E-state index in [4.69, 9.17) is 5.73 Å². The monoisotopic (exact) mass is 340 g/mol. The summed E-state index contributed by atoms with van der Waals surface area (Å²) in [5.74, 6) is 1.75. The van der Waals surface area contributed by atoms with Crippen molar-refractivity contribution >= 4 is 17.6 Å². The number of hydrogen-bond donors (Lipinski definition) is 2. The van der Waals surface area contributed by atoms with Gasteiger partial charge in [-0.05, 0) is 50.9 Å². The molecule has 1 aromatic heterocycles. The van der Waals surface area contributed by atoms with E-state index in [-0.39, 0.29) is 0 Å². The summed E-state index contributed by atoms with van der Waals surface area (Å²) in [6, 6.07) is 2.90. The molecular weight excluding hydrogens is 312 g/mol. The summed E-state index contributed by atoms with van der Waals surface area (Å²) >= 11 is 0. The molecule has 0 spiro atoms. The molecule has 134 valence electrons. The first kappa shape index (κ1) is 16.5. The van der Waals surface area contributed by atoms with E-state index in [0.29, 0.717) is 12.1 Å². The van der Waals surface area contributed by atoms with Crippen LogP contribution in [0.4, 0.5) is 5.82 Å². The molecule has 2 aliphatic carbocycles. The highest BCUT2D eigenvalue weighted by molar-refractivity contribution is 6.10. The molecule has 6 nitrogen and oxygen atoms in total. The summed E-state index contributed by atoms with van der Waals surface area (Å²) in [6.07, 6.45) is 11.9. The van der Waals surface area contributed by atoms with Crippen LogP contribution < -0.4 is 11.1 Å². The minimum atomic E-state index is 0.364. The van der Waals surface area contributed by atoms with Gasteiger partial charge in [0.05, 0.1) is 5.69 Å². The van der Waals surface area contributed by atoms with Gasteiger partial charge in [0.15, 0.2) is 0 Å². The molecule has 6 heteroatoms. The van der Waals surface area contributed by atoms with Gasteiger partial charge in [-0.3, -0.25) is 4.99 Å². The molecule has 2 heterocycles. The quantitative estimate of drug-likeness (QED) is 0.861. The van der Waals surface area contributed by atoms with Crippen LogP contribution in [0.5, 0.6) is 0 Å². The van der Waals surface area contributed by atoms with E-state index in [9.17, 15) is 0 Å². The zero-order valence-electron chi connectivity index (χ0n) is 15.0. The highest BCUT2D eigenvalue weighted by atomic mass is 15.2. The first-order valence-electron chi connectivity index (χ1n) is 9.47. The normalized spacial score (nSPS) is 26.9. The van der Waals surface area contributed by atoms with Crippen molar-refractivity contribution in [3.05, 3.63) is 23.8 Å². The van der Waals surface area contributed by atoms with Gasteiger partial charge in [0.1, 0.15) is 18.8 Å². The first-order chi connectivity index (χ1) is 12.2. The Morgan fingerprint density at radius 2 is 1.96 bits per heavy atom. The summed E-state index contributed by atoms with van der Waals surface area (Å²) in [7, 11) is 2.12. The molecule has 0 aromatic carbocycles. The predicted octanol–water partition coefficient (Wildman–Crippen LogP) is 2.64. The number of allylic oxidation sites excluding steroid dienone is 2. The number of hydrogen-bond acceptors (Lipinski definition) is 6. The van der Waals surface area contributed by atoms with Crippen LogP contribution in [0.1, 0.15) is 50.6 Å². The third kappa shape index (κ3) is 4.00. The van der Waals surface area contributed by atoms with Gasteiger partial charge in [0.25, 0.3) is 0 Å². The molecule has 4 rings (SSSR count). The SMILES string of the molecule is CN1CN=CC(c2cc(NC3CCC(N)CC3)ncn2)=C1CC1CC1. The van der Waals surface area contributed by atoms with Crippen LogP contribution >= 0.6 is 0 Å². The second-order valence-electron chi connectivity index (χ2n) is 7.70. The van der Waals surface area contributed by atoms with Crippen molar-refractivity contribution in [2.24, 2.45) is 16.6 Å². The molecule has 0 amide bonds. The van der Waals surface area contributed by atoms with Gasteiger partial charge in [-0.25, -0.2) is 9.97 Å². The number of nitrogens with two attached hydrogens (primary N) is 1. The van der Waals surface area contributed by atoms with Gasteiger partial charge >= 0.3 is 0 Å². The van der Waals surface area contributed by atoms with Crippen LogP contribution in [0.15, 0.2) is 23.1 Å². The van der Waals surface area contributed by atoms with Gasteiger partial charge in [0.2, 0.25) is 0 Å². The van der Waals surface area contributed by atoms with Crippen molar-refractivity contribution in [1.29, 1.82) is 0 Å². The Labute approximate surface area is 149 Å². The molecule has 0 radical (unpaired) electrons. The summed E-state index contributed by atoms with van der Waals surface area (Å²) in [6.45, 7) is 0.740. The molecule has 25 heavy (non-hydrogen) atoms.